The highest BCUT2D eigenvalue weighted by atomic mass is 16.7. The number of hydrogen-bond donors (Lipinski definition) is 1. The molecule has 7 nitrogen and oxygen atoms in total. The van der Waals surface area contributed by atoms with Crippen molar-refractivity contribution in [2.24, 2.45) is 5.92 Å². The van der Waals surface area contributed by atoms with Gasteiger partial charge in [-0.15, -0.1) is 5.06 Å². The first-order chi connectivity index (χ1) is 11.4. The van der Waals surface area contributed by atoms with Gasteiger partial charge in [0.15, 0.2) is 0 Å². The van der Waals surface area contributed by atoms with E-state index in [0.717, 1.165) is 0 Å². The van der Waals surface area contributed by atoms with Crippen molar-refractivity contribution < 1.29 is 24.0 Å². The van der Waals surface area contributed by atoms with Gasteiger partial charge >= 0.3 is 5.97 Å². The van der Waals surface area contributed by atoms with Crippen LogP contribution in [-0.4, -0.2) is 34.8 Å². The van der Waals surface area contributed by atoms with Crippen LogP contribution in [0.4, 0.5) is 0 Å². The molecule has 0 spiro atoms. The van der Waals surface area contributed by atoms with Crippen molar-refractivity contribution in [1.29, 1.82) is 0 Å². The van der Waals surface area contributed by atoms with E-state index in [4.69, 9.17) is 4.84 Å². The van der Waals surface area contributed by atoms with Gasteiger partial charge in [-0.05, 0) is 24.5 Å². The molecule has 1 aliphatic heterocycles. The Morgan fingerprint density at radius 1 is 1.12 bits per heavy atom. The Morgan fingerprint density at radius 3 is 2.25 bits per heavy atom. The fourth-order valence-corrected chi connectivity index (χ4v) is 2.33. The van der Waals surface area contributed by atoms with Crippen LogP contribution in [0.2, 0.25) is 0 Å². The lowest BCUT2D eigenvalue weighted by atomic mass is 10.0. The summed E-state index contributed by atoms with van der Waals surface area (Å²) in [6.07, 6.45) is 0.377. The van der Waals surface area contributed by atoms with E-state index in [9.17, 15) is 19.2 Å². The Bertz CT molecular complexity index is 626. The third-order valence-electron chi connectivity index (χ3n) is 3.52. The van der Waals surface area contributed by atoms with E-state index in [0.29, 0.717) is 17.0 Å². The van der Waals surface area contributed by atoms with Gasteiger partial charge in [-0.1, -0.05) is 32.0 Å². The van der Waals surface area contributed by atoms with Crippen LogP contribution in [0.5, 0.6) is 0 Å². The molecule has 1 N–H and O–H groups in total. The zero-order valence-electron chi connectivity index (χ0n) is 13.7. The Labute approximate surface area is 139 Å². The van der Waals surface area contributed by atoms with Crippen LogP contribution >= 0.6 is 0 Å². The van der Waals surface area contributed by atoms with Gasteiger partial charge in [-0.3, -0.25) is 14.4 Å². The zero-order chi connectivity index (χ0) is 17.7. The molecule has 1 fully saturated rings. The van der Waals surface area contributed by atoms with Gasteiger partial charge < -0.3 is 10.2 Å². The molecule has 1 atom stereocenters. The minimum atomic E-state index is -0.945. The van der Waals surface area contributed by atoms with Crippen molar-refractivity contribution in [2.75, 3.05) is 0 Å². The van der Waals surface area contributed by atoms with Crippen molar-refractivity contribution in [3.8, 4) is 0 Å². The fraction of sp³-hybridized carbons (Fsp3) is 0.412. The minimum Gasteiger partial charge on any atom is -0.338 e. The van der Waals surface area contributed by atoms with Crippen LogP contribution in [0.15, 0.2) is 30.3 Å². The number of imide groups is 1. The second kappa shape index (κ2) is 7.72. The highest BCUT2D eigenvalue weighted by Gasteiger charge is 2.35. The Hall–Kier alpha value is -2.70. The van der Waals surface area contributed by atoms with Crippen LogP contribution < -0.4 is 5.32 Å². The predicted molar refractivity (Wildman–Crippen MR) is 84.3 cm³/mol. The fourth-order valence-electron chi connectivity index (χ4n) is 2.33. The van der Waals surface area contributed by atoms with Crippen LogP contribution in [0.1, 0.15) is 43.5 Å². The summed E-state index contributed by atoms with van der Waals surface area (Å²) in [5.41, 5.74) is 0.410. The summed E-state index contributed by atoms with van der Waals surface area (Å²) in [6.45, 7) is 3.78. The Morgan fingerprint density at radius 2 is 1.71 bits per heavy atom. The second-order valence-corrected chi connectivity index (χ2v) is 6.01. The van der Waals surface area contributed by atoms with Crippen LogP contribution in [0.3, 0.4) is 0 Å². The number of carbonyl (C=O) groups is 4. The molecular weight excluding hydrogens is 312 g/mol. The van der Waals surface area contributed by atoms with E-state index in [-0.39, 0.29) is 18.8 Å². The van der Waals surface area contributed by atoms with Crippen molar-refractivity contribution in [3.05, 3.63) is 35.9 Å². The summed E-state index contributed by atoms with van der Waals surface area (Å²) in [7, 11) is 0. The lowest BCUT2D eigenvalue weighted by Crippen LogP contribution is -2.46. The molecule has 0 unspecified atom stereocenters. The Balaban J connectivity index is 2.07. The first kappa shape index (κ1) is 17.7. The van der Waals surface area contributed by atoms with Gasteiger partial charge in [0, 0.05) is 18.4 Å². The summed E-state index contributed by atoms with van der Waals surface area (Å²) < 4.78 is 0. The standard InChI is InChI=1S/C17H20N2O5/c1-11(2)10-13(18-16(22)12-6-4-3-5-7-12)17(23)24-19-14(20)8-9-15(19)21/h3-7,11,13H,8-10H2,1-2H3,(H,18,22)/t13-/m0/s1. The van der Waals surface area contributed by atoms with Crippen molar-refractivity contribution >= 4 is 23.7 Å². The first-order valence-electron chi connectivity index (χ1n) is 7.82. The average molecular weight is 332 g/mol. The van der Waals surface area contributed by atoms with Crippen molar-refractivity contribution in [1.82, 2.24) is 10.4 Å². The van der Waals surface area contributed by atoms with Crippen molar-refractivity contribution in [3.63, 3.8) is 0 Å². The van der Waals surface area contributed by atoms with Crippen LogP contribution in [-0.2, 0) is 19.2 Å². The number of rotatable bonds is 6. The summed E-state index contributed by atoms with van der Waals surface area (Å²) in [5.74, 6) is -2.24. The predicted octanol–water partition coefficient (Wildman–Crippen LogP) is 1.44. The van der Waals surface area contributed by atoms with Gasteiger partial charge in [-0.2, -0.15) is 0 Å². The number of nitrogens with zero attached hydrogens (tertiary/aromatic N) is 1. The van der Waals surface area contributed by atoms with Gasteiger partial charge in [-0.25, -0.2) is 4.79 Å². The maximum Gasteiger partial charge on any atom is 0.355 e. The van der Waals surface area contributed by atoms with E-state index in [1.807, 2.05) is 13.8 Å². The summed E-state index contributed by atoms with van der Waals surface area (Å²) >= 11 is 0. The molecule has 1 heterocycles. The summed E-state index contributed by atoms with van der Waals surface area (Å²) in [6, 6.07) is 7.51. The van der Waals surface area contributed by atoms with E-state index in [1.165, 1.54) is 0 Å². The lowest BCUT2D eigenvalue weighted by molar-refractivity contribution is -0.199. The molecule has 0 bridgehead atoms. The molecule has 2 rings (SSSR count). The molecule has 1 aromatic carbocycles. The third-order valence-corrected chi connectivity index (χ3v) is 3.52. The highest BCUT2D eigenvalue weighted by Crippen LogP contribution is 2.15. The largest absolute Gasteiger partial charge is 0.355 e. The van der Waals surface area contributed by atoms with Crippen LogP contribution in [0, 0.1) is 5.92 Å². The maximum absolute atomic E-state index is 12.3. The lowest BCUT2D eigenvalue weighted by Gasteiger charge is -2.21. The highest BCUT2D eigenvalue weighted by molar-refractivity contribution is 6.02. The SMILES string of the molecule is CC(C)C[C@H](NC(=O)c1ccccc1)C(=O)ON1C(=O)CCC1=O. The maximum atomic E-state index is 12.3. The number of nitrogens with one attached hydrogen (secondary N) is 1. The zero-order valence-corrected chi connectivity index (χ0v) is 13.7. The van der Waals surface area contributed by atoms with E-state index >= 15 is 0 Å². The van der Waals surface area contributed by atoms with Gasteiger partial charge in [0.25, 0.3) is 17.7 Å². The molecule has 24 heavy (non-hydrogen) atoms. The number of hydrogen-bond acceptors (Lipinski definition) is 5. The molecule has 1 aromatic rings. The molecule has 1 aliphatic rings. The van der Waals surface area contributed by atoms with Gasteiger partial charge in [0.2, 0.25) is 0 Å². The molecule has 7 heteroatoms. The average Bonchev–Trinajstić information content (AvgIpc) is 2.86. The van der Waals surface area contributed by atoms with Gasteiger partial charge in [0.05, 0.1) is 0 Å². The molecule has 0 aromatic heterocycles. The number of hydroxylamine groups is 2. The molecule has 0 radical (unpaired) electrons. The van der Waals surface area contributed by atoms with Gasteiger partial charge in [0.1, 0.15) is 6.04 Å². The number of benzene rings is 1. The van der Waals surface area contributed by atoms with Crippen LogP contribution in [0.25, 0.3) is 0 Å². The second-order valence-electron chi connectivity index (χ2n) is 6.01. The normalized spacial score (nSPS) is 15.5. The molecule has 3 amide bonds. The quantitative estimate of drug-likeness (QED) is 0.796. The number of carbonyl (C=O) groups excluding carboxylic acids is 4. The minimum absolute atomic E-state index is 0.0251. The number of amides is 3. The third kappa shape index (κ3) is 4.41. The molecule has 0 saturated carbocycles. The first-order valence-corrected chi connectivity index (χ1v) is 7.82. The smallest absolute Gasteiger partial charge is 0.338 e. The monoisotopic (exact) mass is 332 g/mol. The Kier molecular flexibility index (Phi) is 5.68. The van der Waals surface area contributed by atoms with Crippen molar-refractivity contribution in [2.45, 2.75) is 39.2 Å². The molecule has 1 saturated heterocycles. The molecule has 0 aliphatic carbocycles. The van der Waals surface area contributed by atoms with E-state index in [1.54, 1.807) is 30.3 Å². The molecular formula is C17H20N2O5. The van der Waals surface area contributed by atoms with E-state index in [2.05, 4.69) is 5.32 Å². The summed E-state index contributed by atoms with van der Waals surface area (Å²) in [4.78, 5) is 52.6. The molecule has 128 valence electrons. The topological polar surface area (TPSA) is 92.8 Å². The summed E-state index contributed by atoms with van der Waals surface area (Å²) in [5, 5.41) is 3.10. The van der Waals surface area contributed by atoms with E-state index < -0.39 is 29.7 Å².